The number of hydrogen-bond donors (Lipinski definition) is 3. The molecular weight excluding hydrogens is 499 g/mol. The summed E-state index contributed by atoms with van der Waals surface area (Å²) in [7, 11) is 0. The van der Waals surface area contributed by atoms with Crippen molar-refractivity contribution in [1.82, 2.24) is 30.6 Å². The van der Waals surface area contributed by atoms with Crippen LogP contribution < -0.4 is 10.6 Å². The second-order valence-corrected chi connectivity index (χ2v) is 17.2. The van der Waals surface area contributed by atoms with Crippen molar-refractivity contribution in [2.24, 2.45) is 0 Å². The Labute approximate surface area is 173 Å². The lowest BCUT2D eigenvalue weighted by Gasteiger charge is -2.11. The lowest BCUT2D eigenvalue weighted by Crippen LogP contribution is -2.39. The summed E-state index contributed by atoms with van der Waals surface area (Å²) in [6.45, 7) is 4.56. The van der Waals surface area contributed by atoms with Gasteiger partial charge in [-0.1, -0.05) is 0 Å². The van der Waals surface area contributed by atoms with Crippen molar-refractivity contribution in [1.29, 1.82) is 0 Å². The summed E-state index contributed by atoms with van der Waals surface area (Å²) in [4.78, 5) is 14.6. The van der Waals surface area contributed by atoms with Crippen LogP contribution in [0.25, 0.3) is 11.3 Å². The Bertz CT molecular complexity index is 612. The molecule has 1 saturated heterocycles. The average Bonchev–Trinajstić information content (AvgIpc) is 2.95. The maximum atomic E-state index is 9.51. The Morgan fingerprint density at radius 1 is 0.760 bits per heavy atom. The van der Waals surface area contributed by atoms with E-state index >= 15 is 0 Å². The van der Waals surface area contributed by atoms with E-state index in [2.05, 4.69) is 98.0 Å². The molecule has 144 valence electrons. The molecule has 1 aliphatic rings. The predicted molar refractivity (Wildman–Crippen MR) is 108 cm³/mol. The van der Waals surface area contributed by atoms with E-state index in [0.717, 1.165) is 31.8 Å². The normalized spacial score (nSPS) is 14.2. The summed E-state index contributed by atoms with van der Waals surface area (Å²) in [6, 6.07) is 0. The average molecular weight is 513 g/mol. The number of hydrogen-bond acceptors (Lipinski definition) is 7. The number of rotatable bonds is 0. The predicted octanol–water partition coefficient (Wildman–Crippen LogP) is 5.15. The molecule has 0 saturated carbocycles. The van der Waals surface area contributed by atoms with Gasteiger partial charge < -0.3 is 15.6 Å². The van der Waals surface area contributed by atoms with Gasteiger partial charge in [0.15, 0.2) is 11.3 Å². The Kier molecular flexibility index (Phi) is 14.1. The van der Waals surface area contributed by atoms with Gasteiger partial charge in [0.05, 0.1) is 6.33 Å². The van der Waals surface area contributed by atoms with Crippen molar-refractivity contribution < 1.29 is 9.13 Å². The number of aromatic nitrogens is 4. The molecule has 0 aliphatic carbocycles. The van der Waals surface area contributed by atoms with Crippen LogP contribution in [0.2, 0.25) is 0 Å². The Hall–Kier alpha value is 0.670. The number of nitrogens with one attached hydrogen (secondary N) is 3. The molecule has 0 amide bonds. The first-order valence-electron chi connectivity index (χ1n) is 6.36. The number of H-pyrrole nitrogens is 1. The molecule has 0 atom stereocenters. The van der Waals surface area contributed by atoms with Crippen molar-refractivity contribution in [3.63, 3.8) is 0 Å². The monoisotopic (exact) mass is 510 g/mol. The molecule has 0 radical (unpaired) electrons. The summed E-state index contributed by atoms with van der Waals surface area (Å²) >= 11 is 27.7. The smallest absolute Gasteiger partial charge is 0.328 e. The van der Waals surface area contributed by atoms with Crippen molar-refractivity contribution >= 4 is 89.1 Å². The van der Waals surface area contributed by atoms with Gasteiger partial charge in [0.1, 0.15) is 0 Å². The van der Waals surface area contributed by atoms with Crippen LogP contribution in [0, 0.1) is 0 Å². The van der Waals surface area contributed by atoms with Crippen molar-refractivity contribution in [3.8, 4) is 0 Å². The number of aromatic amines is 1. The standard InChI is InChI=1S/C5H4N4.C4H10N2.2Cl3OP/c1-2-7-5-4(6-1)8-3-9-5;1-2-6-4-3-5-1;2*1-5(2,3)4/h1-3H,(H,6,7,8,9);5-6H,1-4H2;;. The fraction of sp³-hybridized carbons (Fsp3) is 0.444. The van der Waals surface area contributed by atoms with Gasteiger partial charge in [-0.2, -0.15) is 0 Å². The van der Waals surface area contributed by atoms with Crippen molar-refractivity contribution in [2.45, 2.75) is 0 Å². The molecule has 8 nitrogen and oxygen atoms in total. The highest BCUT2D eigenvalue weighted by Crippen LogP contribution is 2.61. The van der Waals surface area contributed by atoms with Crippen LogP contribution >= 0.6 is 77.8 Å². The zero-order valence-electron chi connectivity index (χ0n) is 12.4. The second kappa shape index (κ2) is 13.8. The van der Waals surface area contributed by atoms with E-state index in [4.69, 9.17) is 0 Å². The van der Waals surface area contributed by atoms with E-state index in [9.17, 15) is 9.13 Å². The molecule has 0 aromatic carbocycles. The first-order chi connectivity index (χ1) is 11.5. The summed E-state index contributed by atoms with van der Waals surface area (Å²) in [5, 5.41) is 0. The minimum absolute atomic E-state index is 0.664. The summed E-state index contributed by atoms with van der Waals surface area (Å²) in [6.07, 6.45) is 4.81. The third kappa shape index (κ3) is 22.6. The Balaban J connectivity index is 0.000000322. The van der Waals surface area contributed by atoms with Crippen molar-refractivity contribution in [2.75, 3.05) is 26.2 Å². The number of halogens is 6. The molecule has 0 unspecified atom stereocenters. The van der Waals surface area contributed by atoms with Crippen LogP contribution in [0.3, 0.4) is 0 Å². The van der Waals surface area contributed by atoms with Crippen LogP contribution in [0.4, 0.5) is 0 Å². The van der Waals surface area contributed by atoms with Crippen LogP contribution in [-0.2, 0) is 9.13 Å². The maximum absolute atomic E-state index is 9.51. The molecule has 16 heteroatoms. The maximum Gasteiger partial charge on any atom is 0.339 e. The Morgan fingerprint density at radius 2 is 1.16 bits per heavy atom. The van der Waals surface area contributed by atoms with E-state index in [-0.39, 0.29) is 0 Å². The van der Waals surface area contributed by atoms with E-state index in [1.807, 2.05) is 0 Å². The van der Waals surface area contributed by atoms with E-state index in [1.54, 1.807) is 18.7 Å². The summed E-state index contributed by atoms with van der Waals surface area (Å²) in [5.74, 6) is 0. The largest absolute Gasteiger partial charge is 0.339 e. The molecule has 0 bridgehead atoms. The molecule has 1 aliphatic heterocycles. The second-order valence-electron chi connectivity index (χ2n) is 3.93. The topological polar surface area (TPSA) is 113 Å². The van der Waals surface area contributed by atoms with Gasteiger partial charge in [0, 0.05) is 38.6 Å². The molecule has 1 fully saturated rings. The minimum atomic E-state index is -3.22. The fourth-order valence-electron chi connectivity index (χ4n) is 1.29. The van der Waals surface area contributed by atoms with E-state index in [1.165, 1.54) is 0 Å². The molecular formula is C9H14Cl6N6O2P2. The van der Waals surface area contributed by atoms with E-state index in [0.29, 0.717) is 5.65 Å². The zero-order valence-corrected chi connectivity index (χ0v) is 18.7. The van der Waals surface area contributed by atoms with Gasteiger partial charge in [-0.05, 0) is 67.4 Å². The number of fused-ring (bicyclic) bond motifs is 1. The third-order valence-electron chi connectivity index (χ3n) is 2.02. The number of imidazole rings is 1. The number of piperazine rings is 1. The highest BCUT2D eigenvalue weighted by Gasteiger charge is 2.03. The van der Waals surface area contributed by atoms with Crippen molar-refractivity contribution in [3.05, 3.63) is 18.7 Å². The summed E-state index contributed by atoms with van der Waals surface area (Å²) < 4.78 is 19.0. The van der Waals surface area contributed by atoms with Crippen LogP contribution in [-0.4, -0.2) is 46.1 Å². The molecule has 3 N–H and O–H groups in total. The van der Waals surface area contributed by atoms with E-state index < -0.39 is 10.4 Å². The van der Waals surface area contributed by atoms with Gasteiger partial charge in [0.2, 0.25) is 0 Å². The quantitative estimate of drug-likeness (QED) is 0.418. The molecule has 25 heavy (non-hydrogen) atoms. The van der Waals surface area contributed by atoms with Crippen LogP contribution in [0.5, 0.6) is 0 Å². The lowest BCUT2D eigenvalue weighted by atomic mass is 10.4. The molecule has 2 aromatic rings. The van der Waals surface area contributed by atoms with Crippen LogP contribution in [0.1, 0.15) is 0 Å². The Morgan fingerprint density at radius 3 is 1.52 bits per heavy atom. The molecule has 0 spiro atoms. The summed E-state index contributed by atoms with van der Waals surface area (Å²) in [5.41, 5.74) is 1.40. The first-order valence-corrected chi connectivity index (χ1v) is 15.2. The van der Waals surface area contributed by atoms with Crippen LogP contribution in [0.15, 0.2) is 18.7 Å². The minimum Gasteiger partial charge on any atom is -0.328 e. The lowest BCUT2D eigenvalue weighted by molar-refractivity contribution is 0.534. The van der Waals surface area contributed by atoms with Gasteiger partial charge in [0.25, 0.3) is 0 Å². The van der Waals surface area contributed by atoms with Gasteiger partial charge >= 0.3 is 10.4 Å². The number of nitrogens with zero attached hydrogens (tertiary/aromatic N) is 3. The third-order valence-corrected chi connectivity index (χ3v) is 2.02. The highest BCUT2D eigenvalue weighted by molar-refractivity contribution is 8.25. The fourth-order valence-corrected chi connectivity index (χ4v) is 1.29. The molecule has 3 rings (SSSR count). The van der Waals surface area contributed by atoms with Gasteiger partial charge in [-0.3, -0.25) is 9.13 Å². The van der Waals surface area contributed by atoms with Gasteiger partial charge in [-0.25, -0.2) is 15.0 Å². The SMILES string of the molecule is C1CNCCN1.O=P(Cl)(Cl)Cl.O=P(Cl)(Cl)Cl.c1cnc2[nH]cnc2n1. The zero-order chi connectivity index (χ0) is 19.3. The highest BCUT2D eigenvalue weighted by atomic mass is 36.1. The first kappa shape index (κ1) is 25.7. The van der Waals surface area contributed by atoms with Gasteiger partial charge in [-0.15, -0.1) is 0 Å². The molecule has 2 aromatic heterocycles. The molecule has 3 heterocycles.